The van der Waals surface area contributed by atoms with Gasteiger partial charge in [-0.2, -0.15) is 8.42 Å². The second-order valence-corrected chi connectivity index (χ2v) is 5.79. The lowest BCUT2D eigenvalue weighted by Gasteiger charge is -2.07. The summed E-state index contributed by atoms with van der Waals surface area (Å²) < 4.78 is 32.4. The summed E-state index contributed by atoms with van der Waals surface area (Å²) in [6, 6.07) is 13.8. The second kappa shape index (κ2) is 4.60. The molecule has 17 heavy (non-hydrogen) atoms. The van der Waals surface area contributed by atoms with Crippen LogP contribution < -0.4 is 0 Å². The lowest BCUT2D eigenvalue weighted by atomic mass is 10.1. The quantitative estimate of drug-likeness (QED) is 0.865. The van der Waals surface area contributed by atoms with Gasteiger partial charge in [-0.1, -0.05) is 52.3 Å². The molecule has 0 bridgehead atoms. The first-order valence-electron chi connectivity index (χ1n) is 4.81. The van der Waals surface area contributed by atoms with Gasteiger partial charge >= 0.3 is 0 Å². The molecule has 0 aliphatic heterocycles. The molecule has 3 nitrogen and oxygen atoms in total. The van der Waals surface area contributed by atoms with Crippen LogP contribution in [0.2, 0.25) is 0 Å². The Morgan fingerprint density at radius 1 is 1.00 bits per heavy atom. The van der Waals surface area contributed by atoms with Gasteiger partial charge < -0.3 is 0 Å². The predicted octanol–water partition coefficient (Wildman–Crippen LogP) is 3.36. The summed E-state index contributed by atoms with van der Waals surface area (Å²) in [5.41, 5.74) is 1.23. The summed E-state index contributed by atoms with van der Waals surface area (Å²) in [5, 5.41) is 0. The van der Waals surface area contributed by atoms with Crippen molar-refractivity contribution in [1.82, 2.24) is 0 Å². The van der Waals surface area contributed by atoms with Gasteiger partial charge in [-0.25, -0.2) is 0 Å². The number of rotatable bonds is 2. The molecule has 0 saturated carbocycles. The zero-order valence-electron chi connectivity index (χ0n) is 8.67. The van der Waals surface area contributed by atoms with Crippen LogP contribution in [-0.4, -0.2) is 13.0 Å². The van der Waals surface area contributed by atoms with Gasteiger partial charge in [-0.15, -0.1) is 0 Å². The van der Waals surface area contributed by atoms with E-state index in [1.165, 1.54) is 6.07 Å². The third-order valence-electron chi connectivity index (χ3n) is 2.31. The minimum Gasteiger partial charge on any atom is -0.282 e. The zero-order valence-corrected chi connectivity index (χ0v) is 11.1. The molecule has 0 aliphatic carbocycles. The molecule has 1 N–H and O–H groups in total. The van der Waals surface area contributed by atoms with Crippen molar-refractivity contribution in [2.24, 2.45) is 0 Å². The van der Waals surface area contributed by atoms with E-state index in [-0.39, 0.29) is 4.90 Å². The average molecular weight is 313 g/mol. The van der Waals surface area contributed by atoms with E-state index >= 15 is 0 Å². The number of hydrogen-bond donors (Lipinski definition) is 1. The Morgan fingerprint density at radius 2 is 1.65 bits per heavy atom. The van der Waals surface area contributed by atoms with E-state index in [0.717, 1.165) is 5.56 Å². The van der Waals surface area contributed by atoms with E-state index in [1.54, 1.807) is 24.3 Å². The molecule has 0 aromatic heterocycles. The number of benzene rings is 2. The highest BCUT2D eigenvalue weighted by Gasteiger charge is 2.16. The van der Waals surface area contributed by atoms with E-state index < -0.39 is 10.1 Å². The maximum absolute atomic E-state index is 11.3. The first-order chi connectivity index (χ1) is 7.98. The van der Waals surface area contributed by atoms with Crippen molar-refractivity contribution in [3.05, 3.63) is 53.0 Å². The molecule has 0 fully saturated rings. The monoisotopic (exact) mass is 312 g/mol. The lowest BCUT2D eigenvalue weighted by molar-refractivity contribution is 0.483. The zero-order chi connectivity index (χ0) is 12.5. The Bertz CT molecular complexity index is 636. The first kappa shape index (κ1) is 12.3. The van der Waals surface area contributed by atoms with Gasteiger partial charge in [0.15, 0.2) is 0 Å². The van der Waals surface area contributed by atoms with Crippen LogP contribution in [-0.2, 0) is 10.1 Å². The van der Waals surface area contributed by atoms with Crippen molar-refractivity contribution in [1.29, 1.82) is 0 Å². The molecule has 2 aromatic carbocycles. The molecular weight excluding hydrogens is 304 g/mol. The molecule has 0 spiro atoms. The molecule has 88 valence electrons. The molecule has 0 unspecified atom stereocenters. The van der Waals surface area contributed by atoms with Crippen LogP contribution in [0.25, 0.3) is 11.1 Å². The predicted molar refractivity (Wildman–Crippen MR) is 69.4 cm³/mol. The van der Waals surface area contributed by atoms with Crippen LogP contribution in [0.4, 0.5) is 0 Å². The van der Waals surface area contributed by atoms with Crippen LogP contribution in [0, 0.1) is 0 Å². The average Bonchev–Trinajstić information content (AvgIpc) is 2.29. The van der Waals surface area contributed by atoms with Crippen LogP contribution >= 0.6 is 15.9 Å². The van der Waals surface area contributed by atoms with Gasteiger partial charge in [-0.05, 0) is 17.7 Å². The van der Waals surface area contributed by atoms with Gasteiger partial charge in [0.1, 0.15) is 4.90 Å². The van der Waals surface area contributed by atoms with Crippen molar-refractivity contribution in [2.45, 2.75) is 4.90 Å². The van der Waals surface area contributed by atoms with Crippen LogP contribution in [0.5, 0.6) is 0 Å². The van der Waals surface area contributed by atoms with E-state index in [9.17, 15) is 13.0 Å². The Morgan fingerprint density at radius 3 is 2.24 bits per heavy atom. The topological polar surface area (TPSA) is 54.4 Å². The highest BCUT2D eigenvalue weighted by Crippen LogP contribution is 2.29. The summed E-state index contributed by atoms with van der Waals surface area (Å²) >= 11 is 3.19. The molecule has 0 aliphatic rings. The Kier molecular flexibility index (Phi) is 3.33. The second-order valence-electron chi connectivity index (χ2n) is 3.48. The fourth-order valence-electron chi connectivity index (χ4n) is 1.57. The molecule has 0 amide bonds. The highest BCUT2D eigenvalue weighted by atomic mass is 79.9. The fraction of sp³-hybridized carbons (Fsp3) is 0. The molecule has 0 saturated heterocycles. The normalized spacial score (nSPS) is 11.4. The molecule has 0 atom stereocenters. The van der Waals surface area contributed by atoms with E-state index in [0.29, 0.717) is 10.0 Å². The third kappa shape index (κ3) is 2.74. The van der Waals surface area contributed by atoms with Crippen molar-refractivity contribution in [3.63, 3.8) is 0 Å². The van der Waals surface area contributed by atoms with Gasteiger partial charge in [0.05, 0.1) is 0 Å². The third-order valence-corrected chi connectivity index (χ3v) is 3.69. The van der Waals surface area contributed by atoms with Crippen LogP contribution in [0.15, 0.2) is 57.9 Å². The Balaban J connectivity index is 2.71. The summed E-state index contributed by atoms with van der Waals surface area (Å²) in [6.45, 7) is 0. The molecule has 0 radical (unpaired) electrons. The maximum atomic E-state index is 11.3. The Labute approximate surface area is 108 Å². The first-order valence-corrected chi connectivity index (χ1v) is 7.04. The van der Waals surface area contributed by atoms with E-state index in [1.807, 2.05) is 18.2 Å². The highest BCUT2D eigenvalue weighted by molar-refractivity contribution is 9.10. The smallest absolute Gasteiger partial charge is 0.282 e. The van der Waals surface area contributed by atoms with Crippen molar-refractivity contribution < 1.29 is 13.0 Å². The summed E-state index contributed by atoms with van der Waals surface area (Å²) in [7, 11) is -4.23. The summed E-state index contributed by atoms with van der Waals surface area (Å²) in [4.78, 5) is -0.0990. The minimum absolute atomic E-state index is 0.0990. The molecule has 2 aromatic rings. The standard InChI is InChI=1S/C12H9BrO3S/c13-10-6-7-11(9-4-2-1-3-5-9)12(8-10)17(14,15)16/h1-8H,(H,14,15,16). The number of hydrogen-bond acceptors (Lipinski definition) is 2. The number of halogens is 1. The Hall–Kier alpha value is -1.17. The fourth-order valence-corrected chi connectivity index (χ4v) is 2.82. The van der Waals surface area contributed by atoms with Gasteiger partial charge in [0, 0.05) is 10.0 Å². The molecule has 2 rings (SSSR count). The van der Waals surface area contributed by atoms with Crippen LogP contribution in [0.3, 0.4) is 0 Å². The minimum atomic E-state index is -4.23. The molecule has 5 heteroatoms. The summed E-state index contributed by atoms with van der Waals surface area (Å²) in [6.07, 6.45) is 0. The largest absolute Gasteiger partial charge is 0.295 e. The van der Waals surface area contributed by atoms with Gasteiger partial charge in [0.25, 0.3) is 10.1 Å². The SMILES string of the molecule is O=S(=O)(O)c1cc(Br)ccc1-c1ccccc1. The van der Waals surface area contributed by atoms with Crippen molar-refractivity contribution in [2.75, 3.05) is 0 Å². The van der Waals surface area contributed by atoms with Gasteiger partial charge in [0.2, 0.25) is 0 Å². The van der Waals surface area contributed by atoms with Crippen molar-refractivity contribution in [3.8, 4) is 11.1 Å². The van der Waals surface area contributed by atoms with Crippen molar-refractivity contribution >= 4 is 26.0 Å². The van der Waals surface area contributed by atoms with E-state index in [4.69, 9.17) is 0 Å². The van der Waals surface area contributed by atoms with Gasteiger partial charge in [-0.3, -0.25) is 4.55 Å². The van der Waals surface area contributed by atoms with E-state index in [2.05, 4.69) is 15.9 Å². The molecule has 0 heterocycles. The summed E-state index contributed by atoms with van der Waals surface area (Å²) in [5.74, 6) is 0. The lowest BCUT2D eigenvalue weighted by Crippen LogP contribution is -2.00. The molecular formula is C12H9BrO3S. The maximum Gasteiger partial charge on any atom is 0.295 e. The van der Waals surface area contributed by atoms with Crippen LogP contribution in [0.1, 0.15) is 0 Å².